The second-order valence-corrected chi connectivity index (χ2v) is 10.2. The maximum absolute atomic E-state index is 13.5. The molecule has 3 aromatic rings. The van der Waals surface area contributed by atoms with E-state index in [1.54, 1.807) is 23.2 Å². The average Bonchev–Trinajstić information content (AvgIpc) is 3.34. The molecule has 0 aliphatic carbocycles. The number of thiazole rings is 1. The summed E-state index contributed by atoms with van der Waals surface area (Å²) in [6.45, 7) is 6.76. The van der Waals surface area contributed by atoms with Crippen LogP contribution in [0.5, 0.6) is 0 Å². The highest BCUT2D eigenvalue weighted by Gasteiger charge is 2.28. The second-order valence-electron chi connectivity index (χ2n) is 9.34. The van der Waals surface area contributed by atoms with Gasteiger partial charge in [0.05, 0.1) is 21.9 Å². The molecule has 0 bridgehead atoms. The minimum atomic E-state index is -0.448. The van der Waals surface area contributed by atoms with Crippen LogP contribution < -0.4 is 10.5 Å². The maximum Gasteiger partial charge on any atom is 0.270 e. The number of nitrogens with zero attached hydrogens (tertiary/aromatic N) is 6. The van der Waals surface area contributed by atoms with E-state index in [0.29, 0.717) is 49.2 Å². The first-order valence-corrected chi connectivity index (χ1v) is 12.8. The smallest absolute Gasteiger partial charge is 0.270 e. The van der Waals surface area contributed by atoms with Crippen molar-refractivity contribution >= 4 is 33.6 Å². The number of nitro groups is 1. The Bertz CT molecular complexity index is 1300. The van der Waals surface area contributed by atoms with Crippen molar-refractivity contribution in [1.82, 2.24) is 19.2 Å². The number of piperazine rings is 1. The van der Waals surface area contributed by atoms with Crippen molar-refractivity contribution in [3.05, 3.63) is 67.6 Å². The molecule has 1 aromatic carbocycles. The predicted octanol–water partition coefficient (Wildman–Crippen LogP) is 2.86. The van der Waals surface area contributed by atoms with Crippen LogP contribution in [0, 0.1) is 16.0 Å². The molecule has 2 aliphatic heterocycles. The number of carbonyl (C=O) groups excluding carboxylic acids is 1. The highest BCUT2D eigenvalue weighted by molar-refractivity contribution is 7.15. The van der Waals surface area contributed by atoms with Crippen LogP contribution >= 0.6 is 11.3 Å². The van der Waals surface area contributed by atoms with Gasteiger partial charge in [0.2, 0.25) is 0 Å². The molecule has 0 spiro atoms. The summed E-state index contributed by atoms with van der Waals surface area (Å²) in [4.78, 5) is 48.1. The van der Waals surface area contributed by atoms with Gasteiger partial charge >= 0.3 is 0 Å². The van der Waals surface area contributed by atoms with Gasteiger partial charge in [-0.2, -0.15) is 0 Å². The van der Waals surface area contributed by atoms with Crippen LogP contribution in [0.2, 0.25) is 0 Å². The monoisotopic (exact) mass is 496 g/mol. The summed E-state index contributed by atoms with van der Waals surface area (Å²) in [6.07, 6.45) is 3.80. The maximum atomic E-state index is 13.5. The van der Waals surface area contributed by atoms with Gasteiger partial charge in [0.25, 0.3) is 17.2 Å². The molecule has 0 unspecified atom stereocenters. The van der Waals surface area contributed by atoms with Gasteiger partial charge in [-0.25, -0.2) is 4.98 Å². The highest BCUT2D eigenvalue weighted by atomic mass is 32.1. The molecule has 1 amide bonds. The fraction of sp³-hybridized carbons (Fsp3) is 0.458. The summed E-state index contributed by atoms with van der Waals surface area (Å²) in [7, 11) is 0. The molecular weight excluding hydrogens is 468 g/mol. The van der Waals surface area contributed by atoms with Gasteiger partial charge in [-0.3, -0.25) is 29.0 Å². The molecular formula is C24H28N6O4S. The number of benzene rings is 1. The van der Waals surface area contributed by atoms with Crippen LogP contribution in [0.15, 0.2) is 40.6 Å². The molecule has 4 heterocycles. The Labute approximate surface area is 206 Å². The lowest BCUT2D eigenvalue weighted by Gasteiger charge is -2.36. The topological polar surface area (TPSA) is 104 Å². The summed E-state index contributed by atoms with van der Waals surface area (Å²) in [5.41, 5.74) is 1.74. The first-order valence-electron chi connectivity index (χ1n) is 11.9. The lowest BCUT2D eigenvalue weighted by atomic mass is 9.97. The Hall–Kier alpha value is -3.31. The molecule has 2 aromatic heterocycles. The van der Waals surface area contributed by atoms with Crippen molar-refractivity contribution in [3.8, 4) is 0 Å². The average molecular weight is 497 g/mol. The zero-order valence-corrected chi connectivity index (χ0v) is 20.4. The van der Waals surface area contributed by atoms with E-state index in [1.165, 1.54) is 27.9 Å². The number of amides is 1. The van der Waals surface area contributed by atoms with Gasteiger partial charge in [0, 0.05) is 75.6 Å². The van der Waals surface area contributed by atoms with Gasteiger partial charge in [-0.15, -0.1) is 11.3 Å². The number of non-ortho nitro benzene ring substituents is 1. The molecule has 35 heavy (non-hydrogen) atoms. The number of rotatable bonds is 5. The lowest BCUT2D eigenvalue weighted by Crippen LogP contribution is -2.48. The Balaban J connectivity index is 1.29. The Morgan fingerprint density at radius 2 is 1.89 bits per heavy atom. The number of anilines is 1. The van der Waals surface area contributed by atoms with E-state index in [9.17, 15) is 19.7 Å². The predicted molar refractivity (Wildman–Crippen MR) is 134 cm³/mol. The van der Waals surface area contributed by atoms with Gasteiger partial charge in [0.15, 0.2) is 4.96 Å². The zero-order chi connectivity index (χ0) is 24.5. The molecule has 0 N–H and O–H groups in total. The van der Waals surface area contributed by atoms with E-state index >= 15 is 0 Å². The zero-order valence-electron chi connectivity index (χ0n) is 19.6. The second kappa shape index (κ2) is 9.74. The van der Waals surface area contributed by atoms with Gasteiger partial charge in [-0.05, 0) is 24.8 Å². The molecule has 10 nitrogen and oxygen atoms in total. The third-order valence-corrected chi connectivity index (χ3v) is 7.70. The van der Waals surface area contributed by atoms with Gasteiger partial charge in [-0.1, -0.05) is 6.92 Å². The Morgan fingerprint density at radius 3 is 2.60 bits per heavy atom. The summed E-state index contributed by atoms with van der Waals surface area (Å²) in [5, 5.41) is 13.3. The van der Waals surface area contributed by atoms with Crippen molar-refractivity contribution in [3.63, 3.8) is 0 Å². The highest BCUT2D eigenvalue weighted by Crippen LogP contribution is 2.30. The Kier molecular flexibility index (Phi) is 6.52. The summed E-state index contributed by atoms with van der Waals surface area (Å²) >= 11 is 1.42. The largest absolute Gasteiger partial charge is 0.371 e. The van der Waals surface area contributed by atoms with Crippen LogP contribution in [0.1, 0.15) is 35.8 Å². The van der Waals surface area contributed by atoms with E-state index in [0.717, 1.165) is 37.3 Å². The number of hydrogen-bond acceptors (Lipinski definition) is 8. The minimum absolute atomic E-state index is 0.0672. The number of carbonyl (C=O) groups is 1. The molecule has 0 atom stereocenters. The van der Waals surface area contributed by atoms with Gasteiger partial charge in [0.1, 0.15) is 0 Å². The van der Waals surface area contributed by atoms with E-state index in [-0.39, 0.29) is 17.2 Å². The summed E-state index contributed by atoms with van der Waals surface area (Å²) in [6, 6.07) is 6.20. The standard InChI is InChI=1S/C24H28N6O4S/c1-17-4-6-27(7-5-17)21-3-2-19(30(33)34)15-20(21)23(32)28-10-8-26(9-11-28)16-18-14-22(31)29-12-13-35-24(29)25-18/h2-3,12-15,17H,4-11,16H2,1H3. The van der Waals surface area contributed by atoms with E-state index in [2.05, 4.69) is 21.7 Å². The molecule has 184 valence electrons. The van der Waals surface area contributed by atoms with Crippen molar-refractivity contribution < 1.29 is 9.72 Å². The number of aromatic nitrogens is 2. The molecule has 11 heteroatoms. The fourth-order valence-electron chi connectivity index (χ4n) is 4.81. The molecule has 2 saturated heterocycles. The molecule has 0 saturated carbocycles. The fourth-order valence-corrected chi connectivity index (χ4v) is 5.55. The minimum Gasteiger partial charge on any atom is -0.371 e. The quantitative estimate of drug-likeness (QED) is 0.395. The third kappa shape index (κ3) is 4.92. The Morgan fingerprint density at radius 1 is 1.14 bits per heavy atom. The van der Waals surface area contributed by atoms with E-state index in [4.69, 9.17) is 0 Å². The van der Waals surface area contributed by atoms with Crippen LogP contribution in [0.4, 0.5) is 11.4 Å². The van der Waals surface area contributed by atoms with Crippen LogP contribution in [-0.2, 0) is 6.54 Å². The number of piperidine rings is 1. The summed E-state index contributed by atoms with van der Waals surface area (Å²) < 4.78 is 1.53. The molecule has 0 radical (unpaired) electrons. The first-order chi connectivity index (χ1) is 16.9. The van der Waals surface area contributed by atoms with E-state index in [1.807, 2.05) is 5.38 Å². The molecule has 5 rings (SSSR count). The summed E-state index contributed by atoms with van der Waals surface area (Å²) in [5.74, 6) is 0.473. The lowest BCUT2D eigenvalue weighted by molar-refractivity contribution is -0.384. The molecule has 2 fully saturated rings. The number of nitro benzene ring substituents is 1. The van der Waals surface area contributed by atoms with Crippen molar-refractivity contribution in [1.29, 1.82) is 0 Å². The van der Waals surface area contributed by atoms with E-state index < -0.39 is 4.92 Å². The van der Waals surface area contributed by atoms with Crippen LogP contribution in [-0.4, -0.2) is 69.3 Å². The van der Waals surface area contributed by atoms with Crippen molar-refractivity contribution in [2.45, 2.75) is 26.3 Å². The molecule has 2 aliphatic rings. The van der Waals surface area contributed by atoms with Crippen LogP contribution in [0.3, 0.4) is 0 Å². The SMILES string of the molecule is CC1CCN(c2ccc([N+](=O)[O-])cc2C(=O)N2CCN(Cc3cc(=O)n4ccsc4n3)CC2)CC1. The number of fused-ring (bicyclic) bond motifs is 1. The van der Waals surface area contributed by atoms with Crippen LogP contribution in [0.25, 0.3) is 4.96 Å². The van der Waals surface area contributed by atoms with Crippen molar-refractivity contribution in [2.24, 2.45) is 5.92 Å². The third-order valence-electron chi connectivity index (χ3n) is 6.95. The van der Waals surface area contributed by atoms with Gasteiger partial charge < -0.3 is 9.80 Å². The number of hydrogen-bond donors (Lipinski definition) is 0. The van der Waals surface area contributed by atoms with Crippen molar-refractivity contribution in [2.75, 3.05) is 44.2 Å². The first kappa shape index (κ1) is 23.4. The normalized spacial score (nSPS) is 17.7.